The van der Waals surface area contributed by atoms with Crippen LogP contribution in [0.15, 0.2) is 12.3 Å². The van der Waals surface area contributed by atoms with E-state index < -0.39 is 0 Å². The third kappa shape index (κ3) is 2.82. The van der Waals surface area contributed by atoms with Crippen molar-refractivity contribution in [2.45, 2.75) is 51.6 Å². The molecule has 1 saturated heterocycles. The fourth-order valence-corrected chi connectivity index (χ4v) is 3.28. The zero-order valence-corrected chi connectivity index (χ0v) is 12.8. The zero-order valence-electron chi connectivity index (χ0n) is 12.8. The first-order valence-electron chi connectivity index (χ1n) is 7.80. The quantitative estimate of drug-likeness (QED) is 0.921. The van der Waals surface area contributed by atoms with Crippen molar-refractivity contribution in [3.05, 3.63) is 23.5 Å². The summed E-state index contributed by atoms with van der Waals surface area (Å²) in [5.74, 6) is 0.227. The highest BCUT2D eigenvalue weighted by Gasteiger charge is 2.37. The average Bonchev–Trinajstić information content (AvgIpc) is 3.01. The van der Waals surface area contributed by atoms with E-state index in [9.17, 15) is 9.59 Å². The van der Waals surface area contributed by atoms with Crippen LogP contribution < -0.4 is 0 Å². The number of aromatic nitrogens is 1. The van der Waals surface area contributed by atoms with Crippen molar-refractivity contribution in [1.82, 2.24) is 14.8 Å². The van der Waals surface area contributed by atoms with Gasteiger partial charge in [-0.15, -0.1) is 0 Å². The van der Waals surface area contributed by atoms with Crippen LogP contribution >= 0.6 is 0 Å². The summed E-state index contributed by atoms with van der Waals surface area (Å²) >= 11 is 0. The van der Waals surface area contributed by atoms with Gasteiger partial charge in [0.15, 0.2) is 0 Å². The van der Waals surface area contributed by atoms with E-state index in [0.717, 1.165) is 43.5 Å². The third-order valence-corrected chi connectivity index (χ3v) is 4.62. The summed E-state index contributed by atoms with van der Waals surface area (Å²) in [6, 6.07) is 2.42. The van der Waals surface area contributed by atoms with Crippen molar-refractivity contribution in [2.24, 2.45) is 0 Å². The van der Waals surface area contributed by atoms with Crippen molar-refractivity contribution in [1.29, 1.82) is 0 Å². The predicted molar refractivity (Wildman–Crippen MR) is 80.0 cm³/mol. The standard InChI is InChI=1S/C16H23N3O2/c1-11-15(7-8-17-11)16(21)18-9-3-4-14(18)10-19(12(2)20)13-5-6-13/h7-8,13-14,17H,3-6,9-10H2,1-2H3/t14-/m1/s1. The molecule has 0 radical (unpaired) electrons. The second-order valence-electron chi connectivity index (χ2n) is 6.21. The number of hydrogen-bond acceptors (Lipinski definition) is 2. The Hall–Kier alpha value is -1.78. The van der Waals surface area contributed by atoms with Crippen LogP contribution in [0.4, 0.5) is 0 Å². The monoisotopic (exact) mass is 289 g/mol. The molecule has 0 unspecified atom stereocenters. The van der Waals surface area contributed by atoms with Gasteiger partial charge in [0.2, 0.25) is 5.91 Å². The molecule has 0 spiro atoms. The highest BCUT2D eigenvalue weighted by atomic mass is 16.2. The van der Waals surface area contributed by atoms with E-state index in [0.29, 0.717) is 12.6 Å². The van der Waals surface area contributed by atoms with Gasteiger partial charge in [0.25, 0.3) is 5.91 Å². The molecule has 5 nitrogen and oxygen atoms in total. The lowest BCUT2D eigenvalue weighted by atomic mass is 10.1. The van der Waals surface area contributed by atoms with Crippen molar-refractivity contribution in [3.63, 3.8) is 0 Å². The van der Waals surface area contributed by atoms with E-state index in [4.69, 9.17) is 0 Å². The molecule has 0 aromatic carbocycles. The molecular weight excluding hydrogens is 266 g/mol. The molecule has 2 amide bonds. The summed E-state index contributed by atoms with van der Waals surface area (Å²) < 4.78 is 0. The third-order valence-electron chi connectivity index (χ3n) is 4.62. The SMILES string of the molecule is CC(=O)N(C[C@H]1CCCN1C(=O)c1cc[nH]c1C)C1CC1. The van der Waals surface area contributed by atoms with Crippen LogP contribution in [0.1, 0.15) is 48.7 Å². The summed E-state index contributed by atoms with van der Waals surface area (Å²) in [7, 11) is 0. The Labute approximate surface area is 125 Å². The number of rotatable bonds is 4. The van der Waals surface area contributed by atoms with Gasteiger partial charge >= 0.3 is 0 Å². The van der Waals surface area contributed by atoms with Gasteiger partial charge in [0, 0.05) is 44.0 Å². The number of carbonyl (C=O) groups excluding carboxylic acids is 2. The number of nitrogens with one attached hydrogen (secondary N) is 1. The Bertz CT molecular complexity index is 547. The number of aromatic amines is 1. The highest BCUT2D eigenvalue weighted by molar-refractivity contribution is 5.95. The van der Waals surface area contributed by atoms with Gasteiger partial charge in [-0.25, -0.2) is 0 Å². The Morgan fingerprint density at radius 3 is 2.71 bits per heavy atom. The molecular formula is C16H23N3O2. The molecule has 2 heterocycles. The molecule has 3 rings (SSSR count). The van der Waals surface area contributed by atoms with Crippen LogP contribution in [0, 0.1) is 6.92 Å². The van der Waals surface area contributed by atoms with Crippen LogP contribution in [-0.4, -0.2) is 51.8 Å². The van der Waals surface area contributed by atoms with Gasteiger partial charge in [-0.2, -0.15) is 0 Å². The Morgan fingerprint density at radius 2 is 2.14 bits per heavy atom. The largest absolute Gasteiger partial charge is 0.365 e. The molecule has 0 bridgehead atoms. The molecule has 5 heteroatoms. The first kappa shape index (κ1) is 14.2. The lowest BCUT2D eigenvalue weighted by Gasteiger charge is -2.30. The molecule has 1 aromatic rings. The highest BCUT2D eigenvalue weighted by Crippen LogP contribution is 2.29. The van der Waals surface area contributed by atoms with Crippen LogP contribution in [-0.2, 0) is 4.79 Å². The first-order chi connectivity index (χ1) is 10.1. The fourth-order valence-electron chi connectivity index (χ4n) is 3.28. The van der Waals surface area contributed by atoms with Gasteiger partial charge in [-0.05, 0) is 38.7 Å². The van der Waals surface area contributed by atoms with E-state index >= 15 is 0 Å². The Morgan fingerprint density at radius 1 is 1.38 bits per heavy atom. The minimum atomic E-state index is 0.0931. The maximum atomic E-state index is 12.7. The smallest absolute Gasteiger partial charge is 0.255 e. The van der Waals surface area contributed by atoms with Crippen LogP contribution in [0.3, 0.4) is 0 Å². The normalized spacial score (nSPS) is 21.6. The second kappa shape index (κ2) is 5.54. The molecule has 1 atom stereocenters. The first-order valence-corrected chi connectivity index (χ1v) is 7.80. The van der Waals surface area contributed by atoms with Crippen LogP contribution in [0.2, 0.25) is 0 Å². The summed E-state index contributed by atoms with van der Waals surface area (Å²) in [6.07, 6.45) is 6.04. The maximum absolute atomic E-state index is 12.7. The molecule has 21 heavy (non-hydrogen) atoms. The number of hydrogen-bond donors (Lipinski definition) is 1. The van der Waals surface area contributed by atoms with Gasteiger partial charge in [-0.1, -0.05) is 0 Å². The van der Waals surface area contributed by atoms with E-state index in [2.05, 4.69) is 4.98 Å². The number of H-pyrrole nitrogens is 1. The zero-order chi connectivity index (χ0) is 15.0. The number of amides is 2. The van der Waals surface area contributed by atoms with E-state index in [1.165, 1.54) is 0 Å². The van der Waals surface area contributed by atoms with Gasteiger partial charge < -0.3 is 14.8 Å². The van der Waals surface area contributed by atoms with Crippen molar-refractivity contribution in [2.75, 3.05) is 13.1 Å². The number of aryl methyl sites for hydroxylation is 1. The number of likely N-dealkylation sites (tertiary alicyclic amines) is 1. The Kier molecular flexibility index (Phi) is 3.74. The molecule has 2 fully saturated rings. The van der Waals surface area contributed by atoms with Gasteiger partial charge in [0.05, 0.1) is 5.56 Å². The molecule has 114 valence electrons. The average molecular weight is 289 g/mol. The topological polar surface area (TPSA) is 56.4 Å². The number of nitrogens with zero attached hydrogens (tertiary/aromatic N) is 2. The van der Waals surface area contributed by atoms with Gasteiger partial charge in [0.1, 0.15) is 0 Å². The second-order valence-corrected chi connectivity index (χ2v) is 6.21. The number of carbonyl (C=O) groups is 2. The summed E-state index contributed by atoms with van der Waals surface area (Å²) in [5, 5.41) is 0. The predicted octanol–water partition coefficient (Wildman–Crippen LogP) is 1.94. The summed E-state index contributed by atoms with van der Waals surface area (Å²) in [6.45, 7) is 5.04. The van der Waals surface area contributed by atoms with E-state index in [-0.39, 0.29) is 17.9 Å². The fraction of sp³-hybridized carbons (Fsp3) is 0.625. The minimum absolute atomic E-state index is 0.0931. The summed E-state index contributed by atoms with van der Waals surface area (Å²) in [4.78, 5) is 31.4. The molecule has 1 aliphatic carbocycles. The van der Waals surface area contributed by atoms with Crippen LogP contribution in [0.25, 0.3) is 0 Å². The lowest BCUT2D eigenvalue weighted by Crippen LogP contribution is -2.45. The molecule has 2 aliphatic rings. The molecule has 1 aliphatic heterocycles. The minimum Gasteiger partial charge on any atom is -0.365 e. The van der Waals surface area contributed by atoms with Crippen molar-refractivity contribution < 1.29 is 9.59 Å². The molecule has 1 aromatic heterocycles. The van der Waals surface area contributed by atoms with Crippen molar-refractivity contribution >= 4 is 11.8 Å². The van der Waals surface area contributed by atoms with E-state index in [1.54, 1.807) is 13.1 Å². The van der Waals surface area contributed by atoms with Crippen LogP contribution in [0.5, 0.6) is 0 Å². The van der Waals surface area contributed by atoms with Gasteiger partial charge in [-0.3, -0.25) is 9.59 Å². The summed E-state index contributed by atoms with van der Waals surface area (Å²) in [5.41, 5.74) is 1.67. The van der Waals surface area contributed by atoms with Crippen molar-refractivity contribution in [3.8, 4) is 0 Å². The molecule has 1 N–H and O–H groups in total. The molecule has 1 saturated carbocycles. The lowest BCUT2D eigenvalue weighted by molar-refractivity contribution is -0.130. The Balaban J connectivity index is 1.72. The maximum Gasteiger partial charge on any atom is 0.255 e. The van der Waals surface area contributed by atoms with E-state index in [1.807, 2.05) is 22.8 Å².